The SMILES string of the molecule is NNNNNN=O. The van der Waals surface area contributed by atoms with Crippen molar-refractivity contribution in [3.63, 3.8) is 0 Å². The van der Waals surface area contributed by atoms with Crippen LogP contribution in [-0.2, 0) is 0 Å². The maximum Gasteiger partial charge on any atom is 0.0668 e. The minimum absolute atomic E-state index is 1.82. The summed E-state index contributed by atoms with van der Waals surface area (Å²) in [7, 11) is 0. The lowest BCUT2D eigenvalue weighted by Crippen LogP contribution is -2.51. The molecule has 42 valence electrons. The molecule has 0 aliphatic rings. The van der Waals surface area contributed by atoms with Gasteiger partial charge in [0, 0.05) is 0 Å². The average Bonchev–Trinajstić information content (AvgIpc) is 1.69. The molecule has 0 aromatic rings. The summed E-state index contributed by atoms with van der Waals surface area (Å²) in [5, 5.41) is 2.20. The van der Waals surface area contributed by atoms with Gasteiger partial charge in [-0.25, -0.2) is 0 Å². The maximum atomic E-state index is 9.15. The van der Waals surface area contributed by atoms with Gasteiger partial charge in [-0.3, -0.25) is 5.84 Å². The van der Waals surface area contributed by atoms with Gasteiger partial charge in [-0.2, -0.15) is 16.6 Å². The first-order chi connectivity index (χ1) is 3.41. The molecule has 0 fully saturated rings. The van der Waals surface area contributed by atoms with E-state index in [0.717, 1.165) is 0 Å². The van der Waals surface area contributed by atoms with Crippen LogP contribution in [0.25, 0.3) is 0 Å². The summed E-state index contributed by atoms with van der Waals surface area (Å²) >= 11 is 0. The van der Waals surface area contributed by atoms with Crippen molar-refractivity contribution < 1.29 is 0 Å². The predicted octanol–water partition coefficient (Wildman–Crippen LogP) is -2.36. The van der Waals surface area contributed by atoms with E-state index in [0.29, 0.717) is 0 Å². The van der Waals surface area contributed by atoms with Gasteiger partial charge in [0.05, 0.1) is 5.29 Å². The summed E-state index contributed by atoms with van der Waals surface area (Å²) in [5.41, 5.74) is 7.99. The molecule has 7 heavy (non-hydrogen) atoms. The number of hydrogen-bond donors (Lipinski definition) is 5. The third-order valence-corrected chi connectivity index (χ3v) is 0.236. The van der Waals surface area contributed by atoms with Gasteiger partial charge in [-0.1, -0.05) is 0 Å². The highest BCUT2D eigenvalue weighted by atomic mass is 16.3. The normalized spacial score (nSPS) is 8.14. The highest BCUT2D eigenvalue weighted by Crippen LogP contribution is 1.34. The van der Waals surface area contributed by atoms with Crippen LogP contribution < -0.4 is 28.0 Å². The van der Waals surface area contributed by atoms with Crippen molar-refractivity contribution in [1.82, 2.24) is 22.1 Å². The fourth-order valence-electron chi connectivity index (χ4n) is 0.0869. The van der Waals surface area contributed by atoms with Crippen molar-refractivity contribution in [2.75, 3.05) is 0 Å². The molecule has 0 aromatic heterocycles. The zero-order valence-corrected chi connectivity index (χ0v) is 3.43. The third-order valence-electron chi connectivity index (χ3n) is 0.236. The Labute approximate surface area is 39.5 Å². The molecule has 0 radical (unpaired) electrons. The molecule has 7 nitrogen and oxygen atoms in total. The summed E-state index contributed by atoms with van der Waals surface area (Å²) < 4.78 is 0. The lowest BCUT2D eigenvalue weighted by molar-refractivity contribution is 0.381. The lowest BCUT2D eigenvalue weighted by Gasteiger charge is -1.97. The van der Waals surface area contributed by atoms with E-state index in [1.54, 1.807) is 0 Å². The van der Waals surface area contributed by atoms with E-state index < -0.39 is 0 Å². The van der Waals surface area contributed by atoms with Gasteiger partial charge in [0.2, 0.25) is 0 Å². The zero-order valence-electron chi connectivity index (χ0n) is 3.43. The number of nitrogens with two attached hydrogens (primary N) is 1. The van der Waals surface area contributed by atoms with Crippen molar-refractivity contribution in [2.45, 2.75) is 0 Å². The number of nitroso groups, excluding NO2 is 1. The number of nitrogens with one attached hydrogen (secondary N) is 4. The minimum Gasteiger partial charge on any atom is -0.257 e. The van der Waals surface area contributed by atoms with Crippen molar-refractivity contribution in [1.29, 1.82) is 0 Å². The van der Waals surface area contributed by atoms with Crippen LogP contribution >= 0.6 is 0 Å². The third kappa shape index (κ3) is 5.24. The Kier molecular flexibility index (Phi) is 4.67. The Morgan fingerprint density at radius 3 is 2.57 bits per heavy atom. The quantitative estimate of drug-likeness (QED) is 0.119. The highest BCUT2D eigenvalue weighted by Gasteiger charge is 1.68. The number of hydrogen-bond acceptors (Lipinski definition) is 6. The summed E-state index contributed by atoms with van der Waals surface area (Å²) in [6, 6.07) is 0. The molecule has 0 atom stereocenters. The van der Waals surface area contributed by atoms with Gasteiger partial charge in [-0.15, -0.1) is 10.4 Å². The van der Waals surface area contributed by atoms with E-state index in [1.165, 1.54) is 0 Å². The molecule has 0 amide bonds. The Hall–Kier alpha value is -0.760. The van der Waals surface area contributed by atoms with E-state index in [2.05, 4.69) is 22.2 Å². The van der Waals surface area contributed by atoms with Gasteiger partial charge in [0.25, 0.3) is 0 Å². The topological polar surface area (TPSA) is 104 Å². The molecule has 0 aromatic carbocycles. The van der Waals surface area contributed by atoms with E-state index in [9.17, 15) is 0 Å². The van der Waals surface area contributed by atoms with E-state index in [-0.39, 0.29) is 0 Å². The van der Waals surface area contributed by atoms with Gasteiger partial charge in [-0.05, 0) is 0 Å². The Balaban J connectivity index is 2.56. The molecule has 6 N–H and O–H groups in total. The molecular formula is H6N6O. The van der Waals surface area contributed by atoms with Crippen molar-refractivity contribution in [2.24, 2.45) is 11.1 Å². The van der Waals surface area contributed by atoms with Crippen molar-refractivity contribution in [3.8, 4) is 0 Å². The maximum absolute atomic E-state index is 9.15. The molecule has 7 heteroatoms. The molecule has 0 heterocycles. The van der Waals surface area contributed by atoms with Crippen LogP contribution in [0.15, 0.2) is 5.29 Å². The van der Waals surface area contributed by atoms with Crippen molar-refractivity contribution in [3.05, 3.63) is 4.91 Å². The highest BCUT2D eigenvalue weighted by molar-refractivity contribution is 4.10. The second-order valence-electron chi connectivity index (χ2n) is 0.597. The van der Waals surface area contributed by atoms with Crippen LogP contribution in [0.2, 0.25) is 0 Å². The molecule has 0 rings (SSSR count). The molecule has 0 aliphatic heterocycles. The van der Waals surface area contributed by atoms with E-state index in [4.69, 9.17) is 4.91 Å². The summed E-state index contributed by atoms with van der Waals surface area (Å²) in [6.07, 6.45) is 0. The number of nitrogens with zero attached hydrogens (tertiary/aromatic N) is 1. The Bertz CT molecular complexity index is 41.4. The molecule has 0 aliphatic carbocycles. The second-order valence-corrected chi connectivity index (χ2v) is 0.597. The van der Waals surface area contributed by atoms with Crippen LogP contribution in [0, 0.1) is 4.91 Å². The number of rotatable bonds is 4. The van der Waals surface area contributed by atoms with E-state index in [1.807, 2.05) is 11.1 Å². The summed E-state index contributed by atoms with van der Waals surface area (Å²) in [4.78, 5) is 9.15. The van der Waals surface area contributed by atoms with Crippen LogP contribution in [0.3, 0.4) is 0 Å². The van der Waals surface area contributed by atoms with E-state index >= 15 is 0 Å². The van der Waals surface area contributed by atoms with Crippen molar-refractivity contribution >= 4 is 0 Å². The first-order valence-corrected chi connectivity index (χ1v) is 1.44. The average molecular weight is 106 g/mol. The summed E-state index contributed by atoms with van der Waals surface area (Å²) in [6.45, 7) is 0. The molecule has 0 spiro atoms. The fourth-order valence-corrected chi connectivity index (χ4v) is 0.0869. The molecule has 0 saturated carbocycles. The van der Waals surface area contributed by atoms with Crippen LogP contribution in [0.4, 0.5) is 0 Å². The Morgan fingerprint density at radius 2 is 2.14 bits per heavy atom. The molecule has 0 saturated heterocycles. The standard InChI is InChI=1S/H6N6O/c1-2-3-4-5-6-7/h(H2,2,4,6)(H4,1,3,5,7). The molecule has 0 bridgehead atoms. The predicted molar refractivity (Wildman–Crippen MR) is 22.5 cm³/mol. The van der Waals surface area contributed by atoms with Gasteiger partial charge in [0.15, 0.2) is 0 Å². The zero-order chi connectivity index (χ0) is 5.54. The smallest absolute Gasteiger partial charge is 0.0668 e. The number of hydrazine groups is 4. The largest absolute Gasteiger partial charge is 0.257 e. The molecular weight excluding hydrogens is 100 g/mol. The molecule has 0 unspecified atom stereocenters. The van der Waals surface area contributed by atoms with Crippen LogP contribution in [0.5, 0.6) is 0 Å². The Morgan fingerprint density at radius 1 is 1.43 bits per heavy atom. The first kappa shape index (κ1) is 6.24. The fraction of sp³-hybridized carbons (Fsp3) is 0. The van der Waals surface area contributed by atoms with Gasteiger partial charge >= 0.3 is 0 Å². The van der Waals surface area contributed by atoms with Gasteiger partial charge < -0.3 is 0 Å². The van der Waals surface area contributed by atoms with Crippen LogP contribution in [-0.4, -0.2) is 0 Å². The summed E-state index contributed by atoms with van der Waals surface area (Å²) in [5.74, 6) is 4.66. The second kappa shape index (κ2) is 5.24. The van der Waals surface area contributed by atoms with Gasteiger partial charge in [0.1, 0.15) is 0 Å². The minimum atomic E-state index is 1.82. The first-order valence-electron chi connectivity index (χ1n) is 1.44. The van der Waals surface area contributed by atoms with Crippen LogP contribution in [0.1, 0.15) is 0 Å². The lowest BCUT2D eigenvalue weighted by atomic mass is 12.2. The monoisotopic (exact) mass is 106 g/mol.